The van der Waals surface area contributed by atoms with Crippen LogP contribution in [0.25, 0.3) is 5.78 Å². The third-order valence-electron chi connectivity index (χ3n) is 3.13. The Morgan fingerprint density at radius 3 is 2.68 bits per heavy atom. The van der Waals surface area contributed by atoms with Gasteiger partial charge in [0.25, 0.3) is 5.82 Å². The maximum atomic E-state index is 6.10. The number of rotatable bonds is 2. The Kier molecular flexibility index (Phi) is 2.67. The van der Waals surface area contributed by atoms with E-state index in [1.165, 1.54) is 5.56 Å². The average Bonchev–Trinajstić information content (AvgIpc) is 2.69. The first-order valence-electron chi connectivity index (χ1n) is 6.22. The Morgan fingerprint density at radius 1 is 1.21 bits per heavy atom. The summed E-state index contributed by atoms with van der Waals surface area (Å²) in [6.45, 7) is 3.96. The van der Waals surface area contributed by atoms with Crippen molar-refractivity contribution in [2.45, 2.75) is 20.3 Å². The minimum atomic E-state index is 0.670. The lowest BCUT2D eigenvalue weighted by molar-refractivity contribution is -0.622. The summed E-state index contributed by atoms with van der Waals surface area (Å²) < 4.78 is 3.35. The smallest absolute Gasteiger partial charge is 0.298 e. The lowest BCUT2D eigenvalue weighted by atomic mass is 10.1. The topological polar surface area (TPSA) is 60.1 Å². The molecule has 19 heavy (non-hydrogen) atoms. The largest absolute Gasteiger partial charge is 0.408 e. The molecule has 2 heterocycles. The van der Waals surface area contributed by atoms with Crippen LogP contribution in [0.1, 0.15) is 22.8 Å². The van der Waals surface area contributed by atoms with Gasteiger partial charge in [-0.05, 0) is 19.4 Å². The van der Waals surface area contributed by atoms with Crippen LogP contribution in [0, 0.1) is 13.8 Å². The molecule has 0 fully saturated rings. The van der Waals surface area contributed by atoms with Gasteiger partial charge in [-0.2, -0.15) is 0 Å². The van der Waals surface area contributed by atoms with Gasteiger partial charge in [-0.3, -0.25) is 5.84 Å². The predicted molar refractivity (Wildman–Crippen MR) is 72.1 cm³/mol. The number of aryl methyl sites for hydroxylation is 2. The van der Waals surface area contributed by atoms with E-state index in [1.807, 2.05) is 38.1 Å². The van der Waals surface area contributed by atoms with Crippen LogP contribution in [-0.2, 0) is 6.42 Å². The number of nitrogens with zero attached hydrogens (tertiary/aromatic N) is 4. The van der Waals surface area contributed by atoms with Gasteiger partial charge in [-0.25, -0.2) is 0 Å². The number of hydrogen-bond donors (Lipinski definition) is 1. The normalized spacial score (nSPS) is 11.1. The Bertz CT molecular complexity index is 730. The zero-order valence-corrected chi connectivity index (χ0v) is 11.0. The van der Waals surface area contributed by atoms with Crippen LogP contribution in [0.2, 0.25) is 0 Å². The van der Waals surface area contributed by atoms with Gasteiger partial charge in [-0.15, -0.1) is 9.66 Å². The SMILES string of the molecule is Cc1cc(C)n2nc(Cc3ccccc3)[n+](N)c2n1. The molecule has 0 amide bonds. The molecule has 1 aromatic carbocycles. The van der Waals surface area contributed by atoms with Gasteiger partial charge in [0.1, 0.15) is 11.4 Å². The van der Waals surface area contributed by atoms with Gasteiger partial charge in [0.2, 0.25) is 0 Å². The van der Waals surface area contributed by atoms with Crippen LogP contribution in [0.3, 0.4) is 0 Å². The second-order valence-corrected chi connectivity index (χ2v) is 4.70. The van der Waals surface area contributed by atoms with Crippen molar-refractivity contribution in [1.29, 1.82) is 0 Å². The minimum absolute atomic E-state index is 0.670. The summed E-state index contributed by atoms with van der Waals surface area (Å²) in [5.41, 5.74) is 3.15. The van der Waals surface area contributed by atoms with Crippen LogP contribution in [0.4, 0.5) is 0 Å². The molecular weight excluding hydrogens is 238 g/mol. The molecule has 0 saturated carbocycles. The molecule has 0 aliphatic carbocycles. The molecule has 3 rings (SSSR count). The molecule has 0 spiro atoms. The standard InChI is InChI=1S/C14H16N5/c1-10-8-11(2)19-14(16-10)18(15)13(17-19)9-12-6-4-3-5-7-12/h3-8H,9,15H2,1-2H3/q+1. The predicted octanol–water partition coefficient (Wildman–Crippen LogP) is 0.938. The Labute approximate surface area is 111 Å². The molecule has 5 nitrogen and oxygen atoms in total. The molecule has 0 aliphatic rings. The van der Waals surface area contributed by atoms with E-state index in [0.29, 0.717) is 12.2 Å². The van der Waals surface area contributed by atoms with Crippen molar-refractivity contribution in [2.75, 3.05) is 5.84 Å². The lowest BCUT2D eigenvalue weighted by Crippen LogP contribution is -2.48. The fraction of sp³-hybridized carbons (Fsp3) is 0.214. The Hall–Kier alpha value is -2.43. The molecule has 0 unspecified atom stereocenters. The third-order valence-corrected chi connectivity index (χ3v) is 3.13. The van der Waals surface area contributed by atoms with E-state index < -0.39 is 0 Å². The highest BCUT2D eigenvalue weighted by Crippen LogP contribution is 2.07. The highest BCUT2D eigenvalue weighted by Gasteiger charge is 2.20. The number of nitrogen functional groups attached to an aromatic ring is 1. The number of benzene rings is 1. The summed E-state index contributed by atoms with van der Waals surface area (Å²) in [6, 6.07) is 12.1. The lowest BCUT2D eigenvalue weighted by Gasteiger charge is -1.95. The molecular formula is C14H16N5+. The molecule has 0 bridgehead atoms. The molecule has 2 aromatic heterocycles. The maximum absolute atomic E-state index is 6.10. The summed E-state index contributed by atoms with van der Waals surface area (Å²) in [6.07, 6.45) is 0.694. The van der Waals surface area contributed by atoms with E-state index >= 15 is 0 Å². The molecule has 2 N–H and O–H groups in total. The number of fused-ring (bicyclic) bond motifs is 1. The monoisotopic (exact) mass is 254 g/mol. The van der Waals surface area contributed by atoms with Crippen molar-refractivity contribution < 1.29 is 4.68 Å². The van der Waals surface area contributed by atoms with Crippen molar-refractivity contribution in [2.24, 2.45) is 0 Å². The van der Waals surface area contributed by atoms with E-state index in [9.17, 15) is 0 Å². The van der Waals surface area contributed by atoms with Gasteiger partial charge in [0.05, 0.1) is 6.42 Å². The summed E-state index contributed by atoms with van der Waals surface area (Å²) in [4.78, 5) is 4.44. The van der Waals surface area contributed by atoms with Crippen LogP contribution >= 0.6 is 0 Å². The van der Waals surface area contributed by atoms with E-state index in [4.69, 9.17) is 5.84 Å². The van der Waals surface area contributed by atoms with Crippen molar-refractivity contribution >= 4 is 5.78 Å². The number of hydrogen-bond acceptors (Lipinski definition) is 3. The summed E-state index contributed by atoms with van der Waals surface area (Å²) in [5, 5.41) is 4.54. The van der Waals surface area contributed by atoms with Gasteiger partial charge in [-0.1, -0.05) is 34.8 Å². The molecule has 0 aliphatic heterocycles. The van der Waals surface area contributed by atoms with Crippen LogP contribution in [-0.4, -0.2) is 14.6 Å². The maximum Gasteiger partial charge on any atom is 0.408 e. The Balaban J connectivity index is 2.10. The number of nitrogens with two attached hydrogens (primary N) is 1. The fourth-order valence-electron chi connectivity index (χ4n) is 2.22. The van der Waals surface area contributed by atoms with Crippen LogP contribution < -0.4 is 10.5 Å². The molecule has 0 atom stereocenters. The van der Waals surface area contributed by atoms with E-state index in [2.05, 4.69) is 22.2 Å². The Morgan fingerprint density at radius 2 is 1.95 bits per heavy atom. The van der Waals surface area contributed by atoms with Gasteiger partial charge >= 0.3 is 5.78 Å². The van der Waals surface area contributed by atoms with Crippen molar-refractivity contribution in [3.05, 3.63) is 59.2 Å². The summed E-state index contributed by atoms with van der Waals surface area (Å²) in [7, 11) is 0. The van der Waals surface area contributed by atoms with E-state index in [1.54, 1.807) is 9.19 Å². The van der Waals surface area contributed by atoms with Crippen molar-refractivity contribution in [1.82, 2.24) is 14.6 Å². The van der Waals surface area contributed by atoms with Gasteiger partial charge in [0, 0.05) is 11.2 Å². The molecule has 0 saturated heterocycles. The minimum Gasteiger partial charge on any atom is -0.298 e. The van der Waals surface area contributed by atoms with Crippen molar-refractivity contribution in [3.63, 3.8) is 0 Å². The first-order chi connectivity index (χ1) is 9.15. The molecule has 5 heteroatoms. The average molecular weight is 254 g/mol. The summed E-state index contributed by atoms with van der Waals surface area (Å²) >= 11 is 0. The van der Waals surface area contributed by atoms with Crippen LogP contribution in [0.5, 0.6) is 0 Å². The second kappa shape index (κ2) is 4.35. The van der Waals surface area contributed by atoms with E-state index in [-0.39, 0.29) is 0 Å². The summed E-state index contributed by atoms with van der Waals surface area (Å²) in [5.74, 6) is 7.56. The molecule has 3 aromatic rings. The first kappa shape index (κ1) is 11.6. The highest BCUT2D eigenvalue weighted by atomic mass is 15.5. The van der Waals surface area contributed by atoms with Gasteiger partial charge < -0.3 is 0 Å². The highest BCUT2D eigenvalue weighted by molar-refractivity contribution is 5.26. The van der Waals surface area contributed by atoms with E-state index in [0.717, 1.165) is 17.2 Å². The van der Waals surface area contributed by atoms with Crippen molar-refractivity contribution in [3.8, 4) is 0 Å². The van der Waals surface area contributed by atoms with Gasteiger partial charge in [0.15, 0.2) is 0 Å². The number of aromatic nitrogens is 4. The fourth-order valence-corrected chi connectivity index (χ4v) is 2.22. The van der Waals surface area contributed by atoms with Crippen LogP contribution in [0.15, 0.2) is 36.4 Å². The first-order valence-corrected chi connectivity index (χ1v) is 6.22. The quantitative estimate of drug-likeness (QED) is 0.547. The zero-order chi connectivity index (χ0) is 13.4. The second-order valence-electron chi connectivity index (χ2n) is 4.70. The third kappa shape index (κ3) is 2.03. The molecule has 96 valence electrons. The molecule has 0 radical (unpaired) electrons. The zero-order valence-electron chi connectivity index (χ0n) is 11.0.